The second-order valence-electron chi connectivity index (χ2n) is 10.9. The quantitative estimate of drug-likeness (QED) is 0.377. The van der Waals surface area contributed by atoms with E-state index in [-0.39, 0.29) is 17.7 Å². The van der Waals surface area contributed by atoms with E-state index >= 15 is 0 Å². The van der Waals surface area contributed by atoms with Crippen LogP contribution in [0.25, 0.3) is 22.4 Å². The van der Waals surface area contributed by atoms with Gasteiger partial charge in [-0.15, -0.1) is 0 Å². The van der Waals surface area contributed by atoms with Gasteiger partial charge in [0.15, 0.2) is 0 Å². The van der Waals surface area contributed by atoms with E-state index in [1.807, 2.05) is 37.4 Å². The molecule has 2 aliphatic rings. The predicted octanol–water partition coefficient (Wildman–Crippen LogP) is 1.21. The minimum atomic E-state index is -0.924. The first-order valence-corrected chi connectivity index (χ1v) is 13.9. The molecule has 1 aromatic carbocycles. The molecule has 2 saturated heterocycles. The van der Waals surface area contributed by atoms with Gasteiger partial charge in [-0.2, -0.15) is 0 Å². The maximum atomic E-state index is 12.7. The Hall–Kier alpha value is -3.09. The number of aliphatic hydroxyl groups excluding tert-OH is 1. The molecule has 0 radical (unpaired) electrons. The van der Waals surface area contributed by atoms with Crippen LogP contribution in [0.5, 0.6) is 0 Å². The first-order chi connectivity index (χ1) is 19.2. The number of likely N-dealkylation sites (N-methyl/N-ethyl adjacent to an activating group) is 1. The zero-order chi connectivity index (χ0) is 28.4. The molecule has 216 valence electrons. The molecular weight excluding hydrogens is 514 g/mol. The number of pyridine rings is 1. The van der Waals surface area contributed by atoms with E-state index in [1.165, 1.54) is 0 Å². The number of aromatic nitrogens is 3. The minimum Gasteiger partial charge on any atom is -0.459 e. The highest BCUT2D eigenvalue weighted by molar-refractivity contribution is 5.81. The molecule has 11 nitrogen and oxygen atoms in total. The molecular formula is C29H39N5O6. The SMILES string of the molecule is Cc1cc(-c2nc3cc(CN[C@H](C(=O)OC4CCOC4)[C@@H](C)O)ccc3n2CC2COCCN2C)cn(C)c1=O. The van der Waals surface area contributed by atoms with Crippen LogP contribution in [-0.2, 0) is 39.1 Å². The van der Waals surface area contributed by atoms with Gasteiger partial charge in [0, 0.05) is 50.4 Å². The van der Waals surface area contributed by atoms with Gasteiger partial charge in [-0.25, -0.2) is 4.98 Å². The third-order valence-electron chi connectivity index (χ3n) is 7.78. The fourth-order valence-corrected chi connectivity index (χ4v) is 5.35. The summed E-state index contributed by atoms with van der Waals surface area (Å²) in [6.07, 6.45) is 1.29. The number of aliphatic hydroxyl groups is 1. The molecule has 4 atom stereocenters. The van der Waals surface area contributed by atoms with Crippen LogP contribution in [0.1, 0.15) is 24.5 Å². The van der Waals surface area contributed by atoms with Crippen molar-refractivity contribution in [3.8, 4) is 11.4 Å². The summed E-state index contributed by atoms with van der Waals surface area (Å²) in [7, 11) is 3.86. The van der Waals surface area contributed by atoms with E-state index in [4.69, 9.17) is 19.2 Å². The average Bonchev–Trinajstić information content (AvgIpc) is 3.56. The van der Waals surface area contributed by atoms with Crippen molar-refractivity contribution in [2.45, 2.75) is 57.6 Å². The van der Waals surface area contributed by atoms with Gasteiger partial charge in [0.05, 0.1) is 49.6 Å². The van der Waals surface area contributed by atoms with E-state index in [9.17, 15) is 14.7 Å². The topological polar surface area (TPSA) is 120 Å². The number of fused-ring (bicyclic) bond motifs is 1. The van der Waals surface area contributed by atoms with Gasteiger partial charge in [0.2, 0.25) is 0 Å². The number of ether oxygens (including phenoxy) is 3. The summed E-state index contributed by atoms with van der Waals surface area (Å²) in [6, 6.07) is 7.24. The highest BCUT2D eigenvalue weighted by Gasteiger charge is 2.29. The Bertz CT molecular complexity index is 1380. The summed E-state index contributed by atoms with van der Waals surface area (Å²) in [5.74, 6) is 0.295. The molecule has 2 N–H and O–H groups in total. The lowest BCUT2D eigenvalue weighted by Crippen LogP contribution is -2.46. The summed E-state index contributed by atoms with van der Waals surface area (Å²) in [6.45, 7) is 7.59. The number of morpholine rings is 1. The van der Waals surface area contributed by atoms with Crippen molar-refractivity contribution >= 4 is 17.0 Å². The maximum Gasteiger partial charge on any atom is 0.326 e. The molecule has 2 unspecified atom stereocenters. The number of nitrogens with zero attached hydrogens (tertiary/aromatic N) is 4. The normalized spacial score (nSPS) is 21.5. The summed E-state index contributed by atoms with van der Waals surface area (Å²) >= 11 is 0. The number of imidazole rings is 1. The summed E-state index contributed by atoms with van der Waals surface area (Å²) in [5, 5.41) is 13.4. The van der Waals surface area contributed by atoms with Crippen molar-refractivity contribution in [1.29, 1.82) is 0 Å². The van der Waals surface area contributed by atoms with E-state index in [0.717, 1.165) is 41.1 Å². The fraction of sp³-hybridized carbons (Fsp3) is 0.552. The Kier molecular flexibility index (Phi) is 8.67. The zero-order valence-electron chi connectivity index (χ0n) is 23.6. The van der Waals surface area contributed by atoms with Crippen LogP contribution >= 0.6 is 0 Å². The van der Waals surface area contributed by atoms with Crippen LogP contribution in [0.3, 0.4) is 0 Å². The Labute approximate surface area is 233 Å². The number of carbonyl (C=O) groups excluding carboxylic acids is 1. The van der Waals surface area contributed by atoms with Crippen LogP contribution in [0.4, 0.5) is 0 Å². The molecule has 3 aromatic rings. The van der Waals surface area contributed by atoms with Gasteiger partial charge in [0.1, 0.15) is 18.0 Å². The van der Waals surface area contributed by atoms with Gasteiger partial charge in [-0.1, -0.05) is 6.07 Å². The van der Waals surface area contributed by atoms with Crippen molar-refractivity contribution in [1.82, 2.24) is 24.3 Å². The zero-order valence-corrected chi connectivity index (χ0v) is 23.6. The molecule has 0 amide bonds. The van der Waals surface area contributed by atoms with Crippen molar-refractivity contribution < 1.29 is 24.1 Å². The standard InChI is InChI=1S/C29H39N5O6/c1-18-11-21(14-33(4)28(18)36)27-31-24-12-20(5-6-25(24)34(27)15-22-16-39-10-8-32(22)3)13-30-26(19(2)35)29(37)40-23-7-9-38-17-23/h5-6,11-12,14,19,22-23,26,30,35H,7-10,13,15-17H2,1-4H3/t19-,22?,23?,26+/m1/s1. The molecule has 2 fully saturated rings. The number of hydrogen-bond acceptors (Lipinski definition) is 9. The predicted molar refractivity (Wildman–Crippen MR) is 150 cm³/mol. The number of rotatable bonds is 9. The summed E-state index contributed by atoms with van der Waals surface area (Å²) in [4.78, 5) is 32.4. The first-order valence-electron chi connectivity index (χ1n) is 13.9. The molecule has 0 saturated carbocycles. The maximum absolute atomic E-state index is 12.7. The molecule has 40 heavy (non-hydrogen) atoms. The molecule has 0 bridgehead atoms. The third kappa shape index (κ3) is 6.13. The lowest BCUT2D eigenvalue weighted by molar-refractivity contribution is -0.154. The van der Waals surface area contributed by atoms with Crippen LogP contribution in [0.2, 0.25) is 0 Å². The van der Waals surface area contributed by atoms with Gasteiger partial charge >= 0.3 is 5.97 Å². The number of carbonyl (C=O) groups is 1. The lowest BCUT2D eigenvalue weighted by Gasteiger charge is -2.33. The van der Waals surface area contributed by atoms with Crippen molar-refractivity contribution in [3.63, 3.8) is 0 Å². The lowest BCUT2D eigenvalue weighted by atomic mass is 10.1. The number of nitrogens with one attached hydrogen (secondary N) is 1. The molecule has 2 aliphatic heterocycles. The van der Waals surface area contributed by atoms with Crippen molar-refractivity contribution in [2.75, 3.05) is 40.0 Å². The molecule has 4 heterocycles. The van der Waals surface area contributed by atoms with Crippen LogP contribution < -0.4 is 10.9 Å². The molecule has 2 aromatic heterocycles. The minimum absolute atomic E-state index is 0.0353. The summed E-state index contributed by atoms with van der Waals surface area (Å²) in [5.41, 5.74) is 4.17. The molecule has 0 aliphatic carbocycles. The molecule has 11 heteroatoms. The first kappa shape index (κ1) is 28.4. The van der Waals surface area contributed by atoms with E-state index < -0.39 is 18.1 Å². The average molecular weight is 554 g/mol. The number of esters is 1. The Balaban J connectivity index is 1.43. The monoisotopic (exact) mass is 553 g/mol. The smallest absolute Gasteiger partial charge is 0.326 e. The fourth-order valence-electron chi connectivity index (χ4n) is 5.35. The van der Waals surface area contributed by atoms with Crippen LogP contribution in [-0.4, -0.2) is 94.4 Å². The number of benzene rings is 1. The van der Waals surface area contributed by atoms with E-state index in [0.29, 0.717) is 44.9 Å². The molecule has 0 spiro atoms. The highest BCUT2D eigenvalue weighted by atomic mass is 16.6. The summed E-state index contributed by atoms with van der Waals surface area (Å²) < 4.78 is 20.4. The van der Waals surface area contributed by atoms with Gasteiger partial charge in [0.25, 0.3) is 5.56 Å². The van der Waals surface area contributed by atoms with Gasteiger partial charge < -0.3 is 28.5 Å². The van der Waals surface area contributed by atoms with Crippen LogP contribution in [0.15, 0.2) is 35.3 Å². The number of hydrogen-bond donors (Lipinski definition) is 2. The number of aryl methyl sites for hydroxylation is 2. The highest BCUT2D eigenvalue weighted by Crippen LogP contribution is 2.27. The van der Waals surface area contributed by atoms with Gasteiger partial charge in [-0.3, -0.25) is 19.8 Å². The Morgan fingerprint density at radius 3 is 2.73 bits per heavy atom. The van der Waals surface area contributed by atoms with E-state index in [2.05, 4.69) is 21.8 Å². The van der Waals surface area contributed by atoms with E-state index in [1.54, 1.807) is 18.5 Å². The Morgan fingerprint density at radius 1 is 1.23 bits per heavy atom. The van der Waals surface area contributed by atoms with Gasteiger partial charge in [-0.05, 0) is 44.7 Å². The third-order valence-corrected chi connectivity index (χ3v) is 7.78. The largest absolute Gasteiger partial charge is 0.459 e. The van der Waals surface area contributed by atoms with Crippen LogP contribution in [0, 0.1) is 6.92 Å². The van der Waals surface area contributed by atoms with Crippen molar-refractivity contribution in [2.24, 2.45) is 7.05 Å². The second-order valence-corrected chi connectivity index (χ2v) is 10.9. The molecule has 5 rings (SSSR count). The van der Waals surface area contributed by atoms with Crippen molar-refractivity contribution in [3.05, 3.63) is 51.9 Å². The Morgan fingerprint density at radius 2 is 2.02 bits per heavy atom. The second kappa shape index (κ2) is 12.2.